The SMILES string of the molecule is C=CCNC(=O)Nc1ccc(NC(=O)C2CC(=O)N(c3ccc(C)cc3)C2)cc1. The number of aryl methyl sites for hydroxylation is 1. The Hall–Kier alpha value is -3.61. The molecule has 1 saturated heterocycles. The number of nitrogens with zero attached hydrogens (tertiary/aromatic N) is 1. The number of anilines is 3. The summed E-state index contributed by atoms with van der Waals surface area (Å²) in [6.45, 7) is 6.25. The number of hydrogen-bond acceptors (Lipinski definition) is 3. The van der Waals surface area contributed by atoms with Crippen molar-refractivity contribution in [1.82, 2.24) is 5.32 Å². The van der Waals surface area contributed by atoms with Crippen molar-refractivity contribution in [2.75, 3.05) is 28.6 Å². The molecule has 1 fully saturated rings. The van der Waals surface area contributed by atoms with E-state index in [1.54, 1.807) is 35.2 Å². The monoisotopic (exact) mass is 392 g/mol. The van der Waals surface area contributed by atoms with Gasteiger partial charge in [0.1, 0.15) is 0 Å². The molecule has 150 valence electrons. The van der Waals surface area contributed by atoms with E-state index < -0.39 is 5.92 Å². The van der Waals surface area contributed by atoms with Gasteiger partial charge < -0.3 is 20.9 Å². The highest BCUT2D eigenvalue weighted by Crippen LogP contribution is 2.26. The minimum absolute atomic E-state index is 0.0564. The third-order valence-corrected chi connectivity index (χ3v) is 4.66. The summed E-state index contributed by atoms with van der Waals surface area (Å²) in [5.41, 5.74) is 3.13. The van der Waals surface area contributed by atoms with Crippen molar-refractivity contribution in [3.63, 3.8) is 0 Å². The second kappa shape index (κ2) is 9.05. The molecular formula is C22H24N4O3. The average Bonchev–Trinajstić information content (AvgIpc) is 3.10. The molecule has 7 nitrogen and oxygen atoms in total. The molecule has 4 amide bonds. The lowest BCUT2D eigenvalue weighted by atomic mass is 10.1. The summed E-state index contributed by atoms with van der Waals surface area (Å²) in [7, 11) is 0. The Labute approximate surface area is 169 Å². The second-order valence-corrected chi connectivity index (χ2v) is 6.93. The quantitative estimate of drug-likeness (QED) is 0.659. The predicted octanol–water partition coefficient (Wildman–Crippen LogP) is 3.29. The van der Waals surface area contributed by atoms with Crippen molar-refractivity contribution in [2.45, 2.75) is 13.3 Å². The summed E-state index contributed by atoms with van der Waals surface area (Å²) in [5.74, 6) is -0.664. The van der Waals surface area contributed by atoms with Crippen LogP contribution in [0.25, 0.3) is 0 Å². The summed E-state index contributed by atoms with van der Waals surface area (Å²) in [4.78, 5) is 38.2. The number of hydrogen-bond donors (Lipinski definition) is 3. The zero-order valence-corrected chi connectivity index (χ0v) is 16.3. The highest BCUT2D eigenvalue weighted by molar-refractivity contribution is 6.03. The molecular weight excluding hydrogens is 368 g/mol. The van der Waals surface area contributed by atoms with E-state index in [0.29, 0.717) is 24.5 Å². The largest absolute Gasteiger partial charge is 0.334 e. The van der Waals surface area contributed by atoms with Crippen LogP contribution < -0.4 is 20.9 Å². The Morgan fingerprint density at radius 3 is 2.31 bits per heavy atom. The van der Waals surface area contributed by atoms with E-state index in [1.807, 2.05) is 31.2 Å². The van der Waals surface area contributed by atoms with Crippen LogP contribution in [0, 0.1) is 12.8 Å². The van der Waals surface area contributed by atoms with E-state index >= 15 is 0 Å². The lowest BCUT2D eigenvalue weighted by Crippen LogP contribution is -2.28. The Morgan fingerprint density at radius 2 is 1.69 bits per heavy atom. The molecule has 0 aromatic heterocycles. The number of nitrogens with one attached hydrogen (secondary N) is 3. The molecule has 7 heteroatoms. The van der Waals surface area contributed by atoms with Gasteiger partial charge >= 0.3 is 6.03 Å². The number of amides is 4. The number of carbonyl (C=O) groups is 3. The van der Waals surface area contributed by atoms with Crippen molar-refractivity contribution in [2.24, 2.45) is 5.92 Å². The van der Waals surface area contributed by atoms with Crippen LogP contribution in [0.15, 0.2) is 61.2 Å². The predicted molar refractivity (Wildman–Crippen MR) is 114 cm³/mol. The van der Waals surface area contributed by atoms with Gasteiger partial charge in [-0.2, -0.15) is 0 Å². The fourth-order valence-electron chi connectivity index (χ4n) is 3.08. The molecule has 1 unspecified atom stereocenters. The molecule has 0 radical (unpaired) electrons. The maximum Gasteiger partial charge on any atom is 0.319 e. The number of urea groups is 1. The lowest BCUT2D eigenvalue weighted by molar-refractivity contribution is -0.122. The van der Waals surface area contributed by atoms with Crippen molar-refractivity contribution < 1.29 is 14.4 Å². The minimum Gasteiger partial charge on any atom is -0.334 e. The molecule has 1 atom stereocenters. The number of carbonyl (C=O) groups excluding carboxylic acids is 3. The standard InChI is InChI=1S/C22H24N4O3/c1-3-12-23-22(29)25-18-8-6-17(7-9-18)24-21(28)16-13-20(27)26(14-16)19-10-4-15(2)5-11-19/h3-11,16H,1,12-14H2,2H3,(H,24,28)(H2,23,25,29). The van der Waals surface area contributed by atoms with Gasteiger partial charge in [-0.25, -0.2) is 4.79 Å². The molecule has 1 aliphatic heterocycles. The first-order valence-electron chi connectivity index (χ1n) is 9.40. The Bertz CT molecular complexity index is 907. The van der Waals surface area contributed by atoms with Crippen LogP contribution in [-0.4, -0.2) is 30.9 Å². The number of rotatable bonds is 6. The summed E-state index contributed by atoms with van der Waals surface area (Å²) in [6, 6.07) is 14.2. The molecule has 3 N–H and O–H groups in total. The van der Waals surface area contributed by atoms with Crippen LogP contribution >= 0.6 is 0 Å². The molecule has 29 heavy (non-hydrogen) atoms. The van der Waals surface area contributed by atoms with E-state index in [1.165, 1.54) is 0 Å². The maximum atomic E-state index is 12.6. The van der Waals surface area contributed by atoms with Gasteiger partial charge in [0.05, 0.1) is 5.92 Å². The second-order valence-electron chi connectivity index (χ2n) is 6.93. The smallest absolute Gasteiger partial charge is 0.319 e. The first kappa shape index (κ1) is 20.1. The van der Waals surface area contributed by atoms with Gasteiger partial charge in [-0.15, -0.1) is 6.58 Å². The summed E-state index contributed by atoms with van der Waals surface area (Å²) < 4.78 is 0. The van der Waals surface area contributed by atoms with E-state index in [0.717, 1.165) is 11.3 Å². The Balaban J connectivity index is 1.56. The first-order chi connectivity index (χ1) is 14.0. The van der Waals surface area contributed by atoms with Gasteiger partial charge in [0.25, 0.3) is 0 Å². The van der Waals surface area contributed by atoms with Gasteiger partial charge in [-0.1, -0.05) is 23.8 Å². The lowest BCUT2D eigenvalue weighted by Gasteiger charge is -2.17. The third kappa shape index (κ3) is 5.22. The third-order valence-electron chi connectivity index (χ3n) is 4.66. The zero-order chi connectivity index (χ0) is 20.8. The van der Waals surface area contributed by atoms with Crippen molar-refractivity contribution >= 4 is 34.9 Å². The van der Waals surface area contributed by atoms with Crippen LogP contribution in [0.3, 0.4) is 0 Å². The highest BCUT2D eigenvalue weighted by Gasteiger charge is 2.35. The van der Waals surface area contributed by atoms with Crippen LogP contribution in [0.4, 0.5) is 21.9 Å². The van der Waals surface area contributed by atoms with Crippen LogP contribution in [0.2, 0.25) is 0 Å². The average molecular weight is 392 g/mol. The minimum atomic E-state index is -0.411. The van der Waals surface area contributed by atoms with Crippen LogP contribution in [0.1, 0.15) is 12.0 Å². The molecule has 2 aromatic rings. The summed E-state index contributed by atoms with van der Waals surface area (Å²) >= 11 is 0. The molecule has 0 saturated carbocycles. The fourth-order valence-corrected chi connectivity index (χ4v) is 3.08. The molecule has 1 aliphatic rings. The Kier molecular flexibility index (Phi) is 6.29. The normalized spacial score (nSPS) is 15.7. The van der Waals surface area contributed by atoms with Crippen molar-refractivity contribution in [1.29, 1.82) is 0 Å². The van der Waals surface area contributed by atoms with Crippen molar-refractivity contribution in [3.05, 3.63) is 66.7 Å². The zero-order valence-electron chi connectivity index (χ0n) is 16.3. The molecule has 3 rings (SSSR count). The van der Waals surface area contributed by atoms with Crippen LogP contribution in [-0.2, 0) is 9.59 Å². The van der Waals surface area contributed by atoms with E-state index in [-0.39, 0.29) is 24.3 Å². The fraction of sp³-hybridized carbons (Fsp3) is 0.227. The van der Waals surface area contributed by atoms with Gasteiger partial charge in [0, 0.05) is 36.6 Å². The molecule has 0 aliphatic carbocycles. The van der Waals surface area contributed by atoms with Gasteiger partial charge in [-0.05, 0) is 43.3 Å². The molecule has 1 heterocycles. The van der Waals surface area contributed by atoms with E-state index in [9.17, 15) is 14.4 Å². The molecule has 0 spiro atoms. The molecule has 0 bridgehead atoms. The molecule has 2 aromatic carbocycles. The van der Waals surface area contributed by atoms with Gasteiger partial charge in [0.15, 0.2) is 0 Å². The maximum absolute atomic E-state index is 12.6. The summed E-state index contributed by atoms with van der Waals surface area (Å²) in [5, 5.41) is 8.14. The summed E-state index contributed by atoms with van der Waals surface area (Å²) in [6.07, 6.45) is 1.77. The topological polar surface area (TPSA) is 90.5 Å². The van der Waals surface area contributed by atoms with Crippen molar-refractivity contribution in [3.8, 4) is 0 Å². The van der Waals surface area contributed by atoms with E-state index in [2.05, 4.69) is 22.5 Å². The van der Waals surface area contributed by atoms with E-state index in [4.69, 9.17) is 0 Å². The van der Waals surface area contributed by atoms with Crippen LogP contribution in [0.5, 0.6) is 0 Å². The van der Waals surface area contributed by atoms with Gasteiger partial charge in [-0.3, -0.25) is 9.59 Å². The highest BCUT2D eigenvalue weighted by atomic mass is 16.2. The Morgan fingerprint density at radius 1 is 1.07 bits per heavy atom. The number of benzene rings is 2. The van der Waals surface area contributed by atoms with Gasteiger partial charge in [0.2, 0.25) is 11.8 Å². The first-order valence-corrected chi connectivity index (χ1v) is 9.40.